The standard InChI is InChI=1S/C19H30N2O2S/c22-19(20-16-8-4-2-1-3-5-9-16)21(14-17-10-6-12-23-17)15-18-11-7-13-24-18/h7,11,13,16-17H,1-6,8-10,12,14-15H2,(H,20,22). The molecule has 0 spiro atoms. The predicted octanol–water partition coefficient (Wildman–Crippen LogP) is 4.55. The largest absolute Gasteiger partial charge is 0.376 e. The molecule has 2 aliphatic rings. The molecule has 2 fully saturated rings. The van der Waals surface area contributed by atoms with E-state index in [1.165, 1.54) is 37.0 Å². The van der Waals surface area contributed by atoms with Gasteiger partial charge in [-0.3, -0.25) is 0 Å². The number of carbonyl (C=O) groups is 1. The molecule has 1 aliphatic heterocycles. The monoisotopic (exact) mass is 350 g/mol. The molecule has 5 heteroatoms. The van der Waals surface area contributed by atoms with Gasteiger partial charge in [0.25, 0.3) is 0 Å². The Morgan fingerprint density at radius 2 is 1.96 bits per heavy atom. The summed E-state index contributed by atoms with van der Waals surface area (Å²) in [5.41, 5.74) is 0. The van der Waals surface area contributed by atoms with Crippen LogP contribution in [0.25, 0.3) is 0 Å². The number of amides is 2. The number of urea groups is 1. The molecule has 1 N–H and O–H groups in total. The molecular formula is C19H30N2O2S. The number of ether oxygens (including phenoxy) is 1. The Balaban J connectivity index is 1.58. The topological polar surface area (TPSA) is 41.6 Å². The Hall–Kier alpha value is -1.07. The normalized spacial score (nSPS) is 22.8. The summed E-state index contributed by atoms with van der Waals surface area (Å²) < 4.78 is 5.76. The highest BCUT2D eigenvalue weighted by molar-refractivity contribution is 7.09. The molecule has 24 heavy (non-hydrogen) atoms. The summed E-state index contributed by atoms with van der Waals surface area (Å²) in [6.07, 6.45) is 11.1. The maximum absolute atomic E-state index is 12.9. The minimum atomic E-state index is 0.0875. The lowest BCUT2D eigenvalue weighted by atomic mass is 9.97. The second-order valence-corrected chi connectivity index (χ2v) is 8.12. The average Bonchev–Trinajstić information content (AvgIpc) is 3.22. The number of hydrogen-bond acceptors (Lipinski definition) is 3. The molecule has 1 saturated carbocycles. The van der Waals surface area contributed by atoms with Gasteiger partial charge in [0.05, 0.1) is 12.6 Å². The Morgan fingerprint density at radius 3 is 2.62 bits per heavy atom. The Kier molecular flexibility index (Phi) is 6.97. The van der Waals surface area contributed by atoms with Crippen LogP contribution >= 0.6 is 11.3 Å². The third-order valence-corrected chi connectivity index (χ3v) is 5.96. The molecule has 4 nitrogen and oxygen atoms in total. The van der Waals surface area contributed by atoms with Gasteiger partial charge in [-0.2, -0.15) is 0 Å². The van der Waals surface area contributed by atoms with Crippen molar-refractivity contribution < 1.29 is 9.53 Å². The van der Waals surface area contributed by atoms with Gasteiger partial charge in [0.15, 0.2) is 0 Å². The van der Waals surface area contributed by atoms with Crippen LogP contribution < -0.4 is 5.32 Å². The minimum absolute atomic E-state index is 0.0875. The van der Waals surface area contributed by atoms with Crippen molar-refractivity contribution in [3.05, 3.63) is 22.4 Å². The molecule has 1 atom stereocenters. The van der Waals surface area contributed by atoms with E-state index in [-0.39, 0.29) is 12.1 Å². The Bertz CT molecular complexity index is 478. The number of nitrogens with one attached hydrogen (secondary N) is 1. The third-order valence-electron chi connectivity index (χ3n) is 5.09. The zero-order valence-corrected chi connectivity index (χ0v) is 15.4. The quantitative estimate of drug-likeness (QED) is 0.846. The van der Waals surface area contributed by atoms with Crippen molar-refractivity contribution >= 4 is 17.4 Å². The Morgan fingerprint density at radius 1 is 1.17 bits per heavy atom. The molecule has 2 amide bonds. The highest BCUT2D eigenvalue weighted by Gasteiger charge is 2.24. The molecule has 1 saturated heterocycles. The van der Waals surface area contributed by atoms with Gasteiger partial charge in [-0.1, -0.05) is 38.2 Å². The fraction of sp³-hybridized carbons (Fsp3) is 0.737. The summed E-state index contributed by atoms with van der Waals surface area (Å²) in [6.45, 7) is 2.23. The lowest BCUT2D eigenvalue weighted by Crippen LogP contribution is -2.47. The summed E-state index contributed by atoms with van der Waals surface area (Å²) in [7, 11) is 0. The first-order chi connectivity index (χ1) is 11.8. The van der Waals surface area contributed by atoms with Crippen LogP contribution in [0.15, 0.2) is 17.5 Å². The van der Waals surface area contributed by atoms with Gasteiger partial charge in [-0.25, -0.2) is 4.79 Å². The molecule has 1 aromatic rings. The maximum atomic E-state index is 12.9. The van der Waals surface area contributed by atoms with Gasteiger partial charge in [0.2, 0.25) is 0 Å². The van der Waals surface area contributed by atoms with Crippen LogP contribution in [0.5, 0.6) is 0 Å². The van der Waals surface area contributed by atoms with Crippen LogP contribution in [0, 0.1) is 0 Å². The van der Waals surface area contributed by atoms with Crippen LogP contribution in [0.4, 0.5) is 4.79 Å². The molecule has 3 rings (SSSR count). The van der Waals surface area contributed by atoms with E-state index in [1.807, 2.05) is 4.90 Å². The fourth-order valence-corrected chi connectivity index (χ4v) is 4.43. The molecular weight excluding hydrogens is 320 g/mol. The van der Waals surface area contributed by atoms with Crippen LogP contribution in [0.1, 0.15) is 62.7 Å². The van der Waals surface area contributed by atoms with E-state index in [4.69, 9.17) is 4.74 Å². The summed E-state index contributed by atoms with van der Waals surface area (Å²) in [4.78, 5) is 16.1. The van der Waals surface area contributed by atoms with Crippen LogP contribution in [0.3, 0.4) is 0 Å². The van der Waals surface area contributed by atoms with Gasteiger partial charge < -0.3 is 15.0 Å². The number of nitrogens with zero attached hydrogens (tertiary/aromatic N) is 1. The smallest absolute Gasteiger partial charge is 0.318 e. The minimum Gasteiger partial charge on any atom is -0.376 e. The predicted molar refractivity (Wildman–Crippen MR) is 98.3 cm³/mol. The van der Waals surface area contributed by atoms with E-state index in [9.17, 15) is 4.79 Å². The first kappa shape index (κ1) is 17.7. The number of rotatable bonds is 5. The highest BCUT2D eigenvalue weighted by Crippen LogP contribution is 2.20. The number of carbonyl (C=O) groups excluding carboxylic acids is 1. The SMILES string of the molecule is O=C(NC1CCCCCCC1)N(Cc1cccs1)CC1CCCO1. The van der Waals surface area contributed by atoms with Gasteiger partial charge in [0, 0.05) is 24.1 Å². The maximum Gasteiger partial charge on any atom is 0.318 e. The van der Waals surface area contributed by atoms with E-state index in [1.54, 1.807) is 11.3 Å². The molecule has 1 aliphatic carbocycles. The first-order valence-corrected chi connectivity index (χ1v) is 10.4. The first-order valence-electron chi connectivity index (χ1n) is 9.50. The molecule has 134 valence electrons. The van der Waals surface area contributed by atoms with Gasteiger partial charge >= 0.3 is 6.03 Å². The second kappa shape index (κ2) is 9.42. The fourth-order valence-electron chi connectivity index (χ4n) is 3.71. The highest BCUT2D eigenvalue weighted by atomic mass is 32.1. The van der Waals surface area contributed by atoms with E-state index in [2.05, 4.69) is 22.8 Å². The molecule has 1 aromatic heterocycles. The number of thiophene rings is 1. The zero-order chi connectivity index (χ0) is 16.6. The average molecular weight is 351 g/mol. The summed E-state index contributed by atoms with van der Waals surface area (Å²) in [5.74, 6) is 0. The molecule has 0 bridgehead atoms. The van der Waals surface area contributed by atoms with Crippen LogP contribution in [0.2, 0.25) is 0 Å². The van der Waals surface area contributed by atoms with Crippen molar-refractivity contribution in [1.82, 2.24) is 10.2 Å². The van der Waals surface area contributed by atoms with E-state index < -0.39 is 0 Å². The lowest BCUT2D eigenvalue weighted by Gasteiger charge is -2.29. The number of hydrogen-bond donors (Lipinski definition) is 1. The lowest BCUT2D eigenvalue weighted by molar-refractivity contribution is 0.0789. The van der Waals surface area contributed by atoms with Crippen molar-refractivity contribution in [2.45, 2.75) is 76.5 Å². The molecule has 1 unspecified atom stereocenters. The second-order valence-electron chi connectivity index (χ2n) is 7.09. The summed E-state index contributed by atoms with van der Waals surface area (Å²) >= 11 is 1.72. The van der Waals surface area contributed by atoms with Crippen molar-refractivity contribution in [3.8, 4) is 0 Å². The van der Waals surface area contributed by atoms with E-state index in [0.717, 1.165) is 32.3 Å². The summed E-state index contributed by atoms with van der Waals surface area (Å²) in [6, 6.07) is 4.59. The van der Waals surface area contributed by atoms with Crippen molar-refractivity contribution in [2.24, 2.45) is 0 Å². The van der Waals surface area contributed by atoms with Gasteiger partial charge in [0.1, 0.15) is 0 Å². The Labute approximate surface area is 149 Å². The van der Waals surface area contributed by atoms with Crippen molar-refractivity contribution in [1.29, 1.82) is 0 Å². The van der Waals surface area contributed by atoms with Crippen LogP contribution in [-0.4, -0.2) is 36.2 Å². The van der Waals surface area contributed by atoms with E-state index >= 15 is 0 Å². The van der Waals surface area contributed by atoms with Gasteiger partial charge in [-0.15, -0.1) is 11.3 Å². The van der Waals surface area contributed by atoms with E-state index in [0.29, 0.717) is 19.1 Å². The molecule has 0 radical (unpaired) electrons. The van der Waals surface area contributed by atoms with Crippen molar-refractivity contribution in [3.63, 3.8) is 0 Å². The van der Waals surface area contributed by atoms with Crippen molar-refractivity contribution in [2.75, 3.05) is 13.2 Å². The van der Waals surface area contributed by atoms with Crippen LogP contribution in [-0.2, 0) is 11.3 Å². The molecule has 2 heterocycles. The molecule has 0 aromatic carbocycles. The summed E-state index contributed by atoms with van der Waals surface area (Å²) in [5, 5.41) is 5.38. The zero-order valence-electron chi connectivity index (χ0n) is 14.5. The third kappa shape index (κ3) is 5.49. The van der Waals surface area contributed by atoms with Gasteiger partial charge in [-0.05, 0) is 37.1 Å².